The van der Waals surface area contributed by atoms with Crippen LogP contribution in [0.2, 0.25) is 18.1 Å². The van der Waals surface area contributed by atoms with E-state index in [1.807, 2.05) is 92.8 Å². The predicted octanol–water partition coefficient (Wildman–Crippen LogP) is 8.54. The van der Waals surface area contributed by atoms with E-state index in [2.05, 4.69) is 30.8 Å². The number of carbonyl (C=O) groups excluding carboxylic acids is 3. The van der Waals surface area contributed by atoms with Gasteiger partial charge in [-0.05, 0) is 91.7 Å². The van der Waals surface area contributed by atoms with Crippen LogP contribution in [0.15, 0.2) is 76.8 Å². The van der Waals surface area contributed by atoms with Crippen molar-refractivity contribution in [2.75, 3.05) is 32.1 Å². The highest BCUT2D eigenvalue weighted by Crippen LogP contribution is 2.60. The van der Waals surface area contributed by atoms with Gasteiger partial charge in [0, 0.05) is 30.1 Å². The number of ketones is 2. The number of aliphatic hydroxyl groups excluding tert-OH is 1. The smallest absolute Gasteiger partial charge is 0.265 e. The Hall–Kier alpha value is -5.04. The van der Waals surface area contributed by atoms with Gasteiger partial charge in [-0.15, -0.1) is 0 Å². The molecule has 1 aromatic heterocycles. The summed E-state index contributed by atoms with van der Waals surface area (Å²) < 4.78 is 26.0. The summed E-state index contributed by atoms with van der Waals surface area (Å²) in [6.07, 6.45) is 3.48. The standard InChI is InChI=1S/C46H53N3O8Si/c1-45(2,3)58(6,7)57-46-33(39(48(4)5)41-37(43(46)53)44(47-56-41)55-27-29-18-12-9-13-19-29)23-30-22-32-36(40(51)35(30)42(46)52)34(54-26-28-16-10-8-11-17-28)24-31(25-50)38(32)49-20-14-15-21-49/h8-13,16-19,24-25,30,33,39,51H,14-15,20-23,26-27H2,1-7H3/t30-,33-,39-,46-/m0/s1. The number of Topliss-reactive ketones (excluding diaryl/α,β-unsaturated/α-hetero) is 2. The van der Waals surface area contributed by atoms with Crippen LogP contribution in [-0.2, 0) is 28.9 Å². The summed E-state index contributed by atoms with van der Waals surface area (Å²) in [5, 5.41) is 16.7. The Kier molecular flexibility index (Phi) is 10.3. The number of nitrogens with zero attached hydrogens (tertiary/aromatic N) is 3. The molecular formula is C46H53N3O8Si. The van der Waals surface area contributed by atoms with Gasteiger partial charge in [0.15, 0.2) is 26.0 Å². The monoisotopic (exact) mass is 803 g/mol. The zero-order valence-corrected chi connectivity index (χ0v) is 35.5. The first-order valence-corrected chi connectivity index (χ1v) is 23.2. The van der Waals surface area contributed by atoms with E-state index < -0.39 is 43.4 Å². The normalized spacial score (nSPS) is 23.0. The van der Waals surface area contributed by atoms with Crippen LogP contribution >= 0.6 is 0 Å². The number of hydrogen-bond donors (Lipinski definition) is 1. The first-order valence-electron chi connectivity index (χ1n) is 20.3. The molecule has 1 aliphatic heterocycles. The van der Waals surface area contributed by atoms with Gasteiger partial charge in [0.1, 0.15) is 30.3 Å². The number of aromatic nitrogens is 1. The number of benzene rings is 3. The lowest BCUT2D eigenvalue weighted by atomic mass is 9.57. The molecule has 4 atom stereocenters. The van der Waals surface area contributed by atoms with Gasteiger partial charge in [0.2, 0.25) is 11.6 Å². The van der Waals surface area contributed by atoms with E-state index in [4.69, 9.17) is 18.4 Å². The molecule has 0 spiro atoms. The first kappa shape index (κ1) is 39.8. The molecule has 4 aromatic rings. The molecule has 0 unspecified atom stereocenters. The Labute approximate surface area is 341 Å². The van der Waals surface area contributed by atoms with E-state index in [-0.39, 0.29) is 41.0 Å². The van der Waals surface area contributed by atoms with E-state index >= 15 is 9.59 Å². The maximum absolute atomic E-state index is 15.9. The highest BCUT2D eigenvalue weighted by atomic mass is 28.4. The Morgan fingerprint density at radius 1 is 0.948 bits per heavy atom. The fourth-order valence-electron chi connectivity index (χ4n) is 9.28. The van der Waals surface area contributed by atoms with Crippen molar-refractivity contribution in [3.63, 3.8) is 0 Å². The third-order valence-corrected chi connectivity index (χ3v) is 17.5. The summed E-state index contributed by atoms with van der Waals surface area (Å²) in [4.78, 5) is 48.6. The molecule has 0 amide bonds. The summed E-state index contributed by atoms with van der Waals surface area (Å²) in [7, 11) is 0.874. The third-order valence-electron chi connectivity index (χ3n) is 13.1. The van der Waals surface area contributed by atoms with Crippen molar-refractivity contribution in [2.45, 2.75) is 89.4 Å². The molecule has 11 nitrogen and oxygen atoms in total. The van der Waals surface area contributed by atoms with Crippen molar-refractivity contribution >= 4 is 37.6 Å². The van der Waals surface area contributed by atoms with Crippen molar-refractivity contribution in [1.29, 1.82) is 0 Å². The zero-order chi connectivity index (χ0) is 41.1. The molecule has 1 saturated carbocycles. The van der Waals surface area contributed by atoms with Gasteiger partial charge in [-0.2, -0.15) is 0 Å². The maximum Gasteiger partial charge on any atom is 0.265 e. The quantitative estimate of drug-likeness (QED) is 0.0889. The summed E-state index contributed by atoms with van der Waals surface area (Å²) in [6.45, 7) is 12.1. The number of aliphatic hydroxyl groups is 1. The van der Waals surface area contributed by atoms with Crippen LogP contribution in [0.3, 0.4) is 0 Å². The number of rotatable bonds is 11. The van der Waals surface area contributed by atoms with Crippen molar-refractivity contribution in [1.82, 2.24) is 10.1 Å². The molecule has 0 radical (unpaired) electrons. The lowest BCUT2D eigenvalue weighted by molar-refractivity contribution is -0.140. The number of fused-ring (bicyclic) bond motifs is 4. The van der Waals surface area contributed by atoms with Gasteiger partial charge < -0.3 is 28.4 Å². The van der Waals surface area contributed by atoms with Crippen molar-refractivity contribution in [3.8, 4) is 11.6 Å². The second kappa shape index (κ2) is 15.0. The Morgan fingerprint density at radius 3 is 2.16 bits per heavy atom. The lowest BCUT2D eigenvalue weighted by Gasteiger charge is -2.55. The number of aldehydes is 1. The van der Waals surface area contributed by atoms with E-state index in [9.17, 15) is 9.90 Å². The molecule has 1 saturated heterocycles. The minimum atomic E-state index is -2.92. The van der Waals surface area contributed by atoms with Crippen molar-refractivity contribution in [2.24, 2.45) is 11.8 Å². The molecule has 3 aliphatic carbocycles. The van der Waals surface area contributed by atoms with E-state index in [0.29, 0.717) is 35.5 Å². The number of ether oxygens (including phenoxy) is 2. The fourth-order valence-corrected chi connectivity index (χ4v) is 10.7. The van der Waals surface area contributed by atoms with Crippen LogP contribution < -0.4 is 14.4 Å². The fraction of sp³-hybridized carbons (Fsp3) is 0.435. The van der Waals surface area contributed by atoms with Gasteiger partial charge >= 0.3 is 0 Å². The number of hydrogen-bond acceptors (Lipinski definition) is 11. The zero-order valence-electron chi connectivity index (χ0n) is 34.5. The van der Waals surface area contributed by atoms with E-state index in [1.165, 1.54) is 0 Å². The second-order valence-electron chi connectivity index (χ2n) is 17.9. The van der Waals surface area contributed by atoms with Crippen LogP contribution in [0.4, 0.5) is 5.69 Å². The van der Waals surface area contributed by atoms with Crippen LogP contribution in [0.25, 0.3) is 5.76 Å². The Morgan fingerprint density at radius 2 is 1.57 bits per heavy atom. The summed E-state index contributed by atoms with van der Waals surface area (Å²) >= 11 is 0. The molecule has 1 N–H and O–H groups in total. The molecule has 0 bridgehead atoms. The third kappa shape index (κ3) is 6.49. The summed E-state index contributed by atoms with van der Waals surface area (Å²) in [6, 6.07) is 20.3. The van der Waals surface area contributed by atoms with Crippen molar-refractivity contribution < 1.29 is 37.9 Å². The van der Waals surface area contributed by atoms with Crippen LogP contribution in [0.5, 0.6) is 11.6 Å². The molecular weight excluding hydrogens is 751 g/mol. The van der Waals surface area contributed by atoms with Crippen LogP contribution in [0, 0.1) is 11.8 Å². The molecule has 4 aliphatic rings. The van der Waals surface area contributed by atoms with Crippen molar-refractivity contribution in [3.05, 3.63) is 111 Å². The van der Waals surface area contributed by atoms with Gasteiger partial charge in [0.05, 0.1) is 17.3 Å². The van der Waals surface area contributed by atoms with E-state index in [1.54, 1.807) is 6.07 Å². The number of carbonyl (C=O) groups is 3. The highest BCUT2D eigenvalue weighted by Gasteiger charge is 2.69. The molecule has 58 heavy (non-hydrogen) atoms. The predicted molar refractivity (Wildman–Crippen MR) is 223 cm³/mol. The lowest BCUT2D eigenvalue weighted by Crippen LogP contribution is -2.68. The van der Waals surface area contributed by atoms with Crippen LogP contribution in [0.1, 0.15) is 94.8 Å². The SMILES string of the molecule is CN(C)[C@@H]1c2onc(OCc3ccccc3)c2C(=O)[C@@]2(O[Si](C)(C)C(C)(C)C)C(=O)C3=C(O)c4c(OCc5ccccc5)cc(C=O)c(N5CCCC5)c4C[C@H]3C[C@@H]12. The maximum atomic E-state index is 15.9. The van der Waals surface area contributed by atoms with Gasteiger partial charge in [0.25, 0.3) is 5.88 Å². The van der Waals surface area contributed by atoms with Gasteiger partial charge in [-0.25, -0.2) is 0 Å². The van der Waals surface area contributed by atoms with Gasteiger partial charge in [-0.3, -0.25) is 19.3 Å². The average Bonchev–Trinajstić information content (AvgIpc) is 3.88. The highest BCUT2D eigenvalue weighted by molar-refractivity contribution is 6.74. The molecule has 2 heterocycles. The largest absolute Gasteiger partial charge is 0.507 e. The Balaban J connectivity index is 1.33. The molecule has 8 rings (SSSR count). The molecule has 2 fully saturated rings. The summed E-state index contributed by atoms with van der Waals surface area (Å²) in [5.41, 5.74) is 2.40. The average molecular weight is 804 g/mol. The summed E-state index contributed by atoms with van der Waals surface area (Å²) in [5.74, 6) is -1.93. The molecule has 304 valence electrons. The molecule has 12 heteroatoms. The number of anilines is 1. The first-order chi connectivity index (χ1) is 27.7. The van der Waals surface area contributed by atoms with E-state index in [0.717, 1.165) is 54.6 Å². The minimum Gasteiger partial charge on any atom is -0.507 e. The second-order valence-corrected chi connectivity index (χ2v) is 22.6. The van der Waals surface area contributed by atoms with Gasteiger partial charge in [-0.1, -0.05) is 81.4 Å². The molecule has 3 aromatic carbocycles. The Bertz CT molecular complexity index is 2270. The van der Waals surface area contributed by atoms with Crippen LogP contribution in [-0.4, -0.2) is 74.1 Å². The topological polar surface area (TPSA) is 132 Å². The minimum absolute atomic E-state index is 0.00252.